The Balaban J connectivity index is 1.55. The van der Waals surface area contributed by atoms with E-state index in [0.717, 1.165) is 11.3 Å². The molecule has 1 aliphatic rings. The number of nitrogens with one attached hydrogen (secondary N) is 1. The van der Waals surface area contributed by atoms with Gasteiger partial charge in [-0.2, -0.15) is 5.10 Å². The smallest absolute Gasteiger partial charge is 0.410 e. The fourth-order valence-corrected chi connectivity index (χ4v) is 4.47. The van der Waals surface area contributed by atoms with Gasteiger partial charge in [0.25, 0.3) is 11.5 Å². The number of carbonyl (C=O) groups is 2. The third-order valence-electron chi connectivity index (χ3n) is 6.51. The van der Waals surface area contributed by atoms with Gasteiger partial charge in [-0.1, -0.05) is 30.3 Å². The Bertz CT molecular complexity index is 1270. The summed E-state index contributed by atoms with van der Waals surface area (Å²) in [6.07, 6.45) is 2.54. The van der Waals surface area contributed by atoms with E-state index in [0.29, 0.717) is 37.1 Å². The van der Waals surface area contributed by atoms with Crippen LogP contribution in [0, 0.1) is 0 Å². The molecule has 0 radical (unpaired) electrons. The number of ether oxygens (including phenoxy) is 1. The van der Waals surface area contributed by atoms with E-state index < -0.39 is 5.60 Å². The first-order valence-corrected chi connectivity index (χ1v) is 12.0. The fraction of sp³-hybridized carbons (Fsp3) is 0.462. The van der Waals surface area contributed by atoms with Crippen molar-refractivity contribution in [3.63, 3.8) is 0 Å². The van der Waals surface area contributed by atoms with Crippen molar-refractivity contribution in [2.75, 3.05) is 20.1 Å². The average molecular weight is 480 g/mol. The number of aromatic nitrogens is 3. The third-order valence-corrected chi connectivity index (χ3v) is 6.51. The summed E-state index contributed by atoms with van der Waals surface area (Å²) < 4.78 is 7.14. The highest BCUT2D eigenvalue weighted by Crippen LogP contribution is 2.29. The molecule has 1 aromatic carbocycles. The number of hydrogen-bond acceptors (Lipinski definition) is 5. The second kappa shape index (κ2) is 9.56. The van der Waals surface area contributed by atoms with Crippen molar-refractivity contribution < 1.29 is 14.3 Å². The minimum Gasteiger partial charge on any atom is -0.444 e. The van der Waals surface area contributed by atoms with Crippen molar-refractivity contribution in [1.29, 1.82) is 0 Å². The van der Waals surface area contributed by atoms with E-state index in [1.54, 1.807) is 27.4 Å². The summed E-state index contributed by atoms with van der Waals surface area (Å²) in [4.78, 5) is 44.5. The zero-order valence-corrected chi connectivity index (χ0v) is 20.9. The lowest BCUT2D eigenvalue weighted by molar-refractivity contribution is 0.0203. The van der Waals surface area contributed by atoms with Crippen LogP contribution in [0.2, 0.25) is 0 Å². The van der Waals surface area contributed by atoms with Crippen molar-refractivity contribution in [2.45, 2.75) is 58.1 Å². The number of amides is 2. The van der Waals surface area contributed by atoms with Crippen molar-refractivity contribution in [2.24, 2.45) is 0 Å². The van der Waals surface area contributed by atoms with Gasteiger partial charge in [0, 0.05) is 32.1 Å². The Morgan fingerprint density at radius 3 is 2.46 bits per heavy atom. The summed E-state index contributed by atoms with van der Waals surface area (Å²) in [5.74, 6) is -0.189. The van der Waals surface area contributed by atoms with Crippen LogP contribution in [0.1, 0.15) is 74.1 Å². The van der Waals surface area contributed by atoms with Crippen molar-refractivity contribution >= 4 is 17.6 Å². The van der Waals surface area contributed by atoms with E-state index in [1.807, 2.05) is 58.0 Å². The Kier molecular flexibility index (Phi) is 6.69. The summed E-state index contributed by atoms with van der Waals surface area (Å²) in [6.45, 7) is 8.56. The van der Waals surface area contributed by atoms with Gasteiger partial charge in [-0.25, -0.2) is 9.31 Å². The highest BCUT2D eigenvalue weighted by atomic mass is 16.6. The lowest BCUT2D eigenvalue weighted by Crippen LogP contribution is -2.41. The molecule has 4 rings (SSSR count). The van der Waals surface area contributed by atoms with Crippen LogP contribution in [0.15, 0.2) is 47.4 Å². The Labute approximate surface area is 204 Å². The summed E-state index contributed by atoms with van der Waals surface area (Å²) in [6, 6.07) is 11.2. The zero-order valence-electron chi connectivity index (χ0n) is 20.9. The van der Waals surface area contributed by atoms with E-state index in [4.69, 9.17) is 4.74 Å². The van der Waals surface area contributed by atoms with E-state index in [9.17, 15) is 14.4 Å². The van der Waals surface area contributed by atoms with Crippen LogP contribution in [0.25, 0.3) is 5.65 Å². The molecular weight excluding hydrogens is 446 g/mol. The normalized spacial score (nSPS) is 15.7. The molecule has 1 fully saturated rings. The van der Waals surface area contributed by atoms with Crippen molar-refractivity contribution in [1.82, 2.24) is 24.4 Å². The maximum atomic E-state index is 13.4. The predicted octanol–water partition coefficient (Wildman–Crippen LogP) is 3.97. The molecule has 2 aromatic heterocycles. The van der Waals surface area contributed by atoms with E-state index in [-0.39, 0.29) is 29.5 Å². The second-order valence-electron chi connectivity index (χ2n) is 10.1. The number of piperidine rings is 1. The first-order chi connectivity index (χ1) is 16.5. The number of carbonyl (C=O) groups excluding carboxylic acids is 2. The number of nitrogens with zero attached hydrogens (tertiary/aromatic N) is 4. The molecule has 0 bridgehead atoms. The third kappa shape index (κ3) is 5.23. The molecule has 0 spiro atoms. The van der Waals surface area contributed by atoms with Gasteiger partial charge in [0.05, 0.1) is 17.9 Å². The van der Waals surface area contributed by atoms with Crippen LogP contribution in [-0.2, 0) is 4.74 Å². The first-order valence-electron chi connectivity index (χ1n) is 12.0. The van der Waals surface area contributed by atoms with E-state index in [1.165, 1.54) is 6.20 Å². The molecule has 0 saturated carbocycles. The van der Waals surface area contributed by atoms with Crippen LogP contribution in [-0.4, -0.2) is 62.1 Å². The van der Waals surface area contributed by atoms with Crippen LogP contribution in [0.4, 0.5) is 4.79 Å². The molecule has 1 unspecified atom stereocenters. The predicted molar refractivity (Wildman–Crippen MR) is 133 cm³/mol. The maximum absolute atomic E-state index is 13.4. The first kappa shape index (κ1) is 24.5. The van der Waals surface area contributed by atoms with Gasteiger partial charge in [-0.3, -0.25) is 9.59 Å². The summed E-state index contributed by atoms with van der Waals surface area (Å²) >= 11 is 0. The van der Waals surface area contributed by atoms with Gasteiger partial charge >= 0.3 is 6.09 Å². The lowest BCUT2D eigenvalue weighted by Gasteiger charge is -2.33. The molecule has 9 heteroatoms. The standard InChI is InChI=1S/C26H33N5O4/c1-17(18-9-7-6-8-10-18)29(5)24(33)20-16-27-31-21(15-22(32)28-23(20)31)19-11-13-30(14-12-19)25(34)35-26(2,3)4/h6-10,15-17,19H,11-14H2,1-5H3,(H,28,32). The quantitative estimate of drug-likeness (QED) is 0.610. The molecule has 186 valence electrons. The number of fused-ring (bicyclic) bond motifs is 1. The van der Waals surface area contributed by atoms with E-state index >= 15 is 0 Å². The van der Waals surface area contributed by atoms with Gasteiger partial charge in [-0.15, -0.1) is 0 Å². The molecule has 1 saturated heterocycles. The maximum Gasteiger partial charge on any atom is 0.410 e. The number of H-pyrrole nitrogens is 1. The van der Waals surface area contributed by atoms with Crippen molar-refractivity contribution in [3.8, 4) is 0 Å². The summed E-state index contributed by atoms with van der Waals surface area (Å²) in [5, 5.41) is 4.47. The Morgan fingerprint density at radius 2 is 1.83 bits per heavy atom. The fourth-order valence-electron chi connectivity index (χ4n) is 4.47. The van der Waals surface area contributed by atoms with Crippen LogP contribution < -0.4 is 5.56 Å². The molecule has 35 heavy (non-hydrogen) atoms. The molecule has 3 heterocycles. The lowest BCUT2D eigenvalue weighted by atomic mass is 9.93. The molecule has 1 atom stereocenters. The minimum atomic E-state index is -0.546. The molecule has 0 aliphatic carbocycles. The number of aromatic amines is 1. The number of rotatable bonds is 4. The SMILES string of the molecule is CC(c1ccccc1)N(C)C(=O)c1cnn2c(C3CCN(C(=O)OC(C)(C)C)CC3)cc(=O)[nH]c12. The number of benzene rings is 1. The highest BCUT2D eigenvalue weighted by molar-refractivity contribution is 5.99. The summed E-state index contributed by atoms with van der Waals surface area (Å²) in [5.41, 5.74) is 1.67. The number of likely N-dealkylation sites (tertiary alicyclic amines) is 1. The van der Waals surface area contributed by atoms with Gasteiger partial charge in [0.1, 0.15) is 16.8 Å². The average Bonchev–Trinajstić information content (AvgIpc) is 3.25. The second-order valence-corrected chi connectivity index (χ2v) is 10.1. The minimum absolute atomic E-state index is 0.0299. The van der Waals surface area contributed by atoms with Crippen molar-refractivity contribution in [3.05, 3.63) is 69.8 Å². The van der Waals surface area contributed by atoms with Gasteiger partial charge < -0.3 is 19.5 Å². The highest BCUT2D eigenvalue weighted by Gasteiger charge is 2.30. The van der Waals surface area contributed by atoms with E-state index in [2.05, 4.69) is 10.1 Å². The summed E-state index contributed by atoms with van der Waals surface area (Å²) in [7, 11) is 1.75. The van der Waals surface area contributed by atoms with Gasteiger partial charge in [0.15, 0.2) is 0 Å². The molecule has 2 amide bonds. The van der Waals surface area contributed by atoms with Crippen LogP contribution in [0.5, 0.6) is 0 Å². The molecule has 3 aromatic rings. The molecule has 1 aliphatic heterocycles. The number of hydrogen-bond donors (Lipinski definition) is 1. The van der Waals surface area contributed by atoms with Gasteiger partial charge in [-0.05, 0) is 46.1 Å². The zero-order chi connectivity index (χ0) is 25.3. The van der Waals surface area contributed by atoms with Crippen LogP contribution >= 0.6 is 0 Å². The Morgan fingerprint density at radius 1 is 1.17 bits per heavy atom. The molecular formula is C26H33N5O4. The Hall–Kier alpha value is -3.62. The largest absolute Gasteiger partial charge is 0.444 e. The van der Waals surface area contributed by atoms with Crippen LogP contribution in [0.3, 0.4) is 0 Å². The molecule has 9 nitrogen and oxygen atoms in total. The monoisotopic (exact) mass is 479 g/mol. The van der Waals surface area contributed by atoms with Gasteiger partial charge in [0.2, 0.25) is 0 Å². The topological polar surface area (TPSA) is 100 Å². The molecule has 1 N–H and O–H groups in total.